The third-order valence-corrected chi connectivity index (χ3v) is 6.81. The van der Waals surface area contributed by atoms with E-state index in [-0.39, 0.29) is 17.2 Å². The standard InChI is InChI=1S/C21H15Cl2N3O2S2/c1-11-2-4-12(5-3-11)14-9-29-20-18(14)19(28)25-21(26-20)30-10-17(27)24-13-6-7-15(22)16(23)8-13/h2-9H,10H2,1H3,(H,24,27)(H,25,26,28). The molecule has 0 spiro atoms. The Labute approximate surface area is 190 Å². The van der Waals surface area contributed by atoms with Gasteiger partial charge in [0.25, 0.3) is 5.56 Å². The van der Waals surface area contributed by atoms with Gasteiger partial charge in [0, 0.05) is 16.6 Å². The van der Waals surface area contributed by atoms with Crippen molar-refractivity contribution in [3.63, 3.8) is 0 Å². The maximum absolute atomic E-state index is 12.7. The lowest BCUT2D eigenvalue weighted by atomic mass is 10.1. The lowest BCUT2D eigenvalue weighted by Crippen LogP contribution is -2.15. The summed E-state index contributed by atoms with van der Waals surface area (Å²) in [6.07, 6.45) is 0. The van der Waals surface area contributed by atoms with Crippen LogP contribution in [0.3, 0.4) is 0 Å². The highest BCUT2D eigenvalue weighted by Gasteiger charge is 2.14. The Hall–Kier alpha value is -2.32. The molecule has 0 atom stereocenters. The average Bonchev–Trinajstić information content (AvgIpc) is 3.14. The first-order valence-electron chi connectivity index (χ1n) is 8.87. The van der Waals surface area contributed by atoms with E-state index in [0.717, 1.165) is 28.5 Å². The molecule has 1 amide bonds. The second-order valence-electron chi connectivity index (χ2n) is 6.53. The van der Waals surface area contributed by atoms with Crippen molar-refractivity contribution in [3.8, 4) is 11.1 Å². The van der Waals surface area contributed by atoms with Gasteiger partial charge in [0.05, 0.1) is 21.2 Å². The molecule has 30 heavy (non-hydrogen) atoms. The van der Waals surface area contributed by atoms with Gasteiger partial charge < -0.3 is 10.3 Å². The minimum atomic E-state index is -0.243. The van der Waals surface area contributed by atoms with Gasteiger partial charge in [-0.15, -0.1) is 11.3 Å². The summed E-state index contributed by atoms with van der Waals surface area (Å²) in [5.74, 6) is -0.155. The molecule has 0 saturated carbocycles. The number of aromatic nitrogens is 2. The monoisotopic (exact) mass is 475 g/mol. The van der Waals surface area contributed by atoms with E-state index in [2.05, 4.69) is 15.3 Å². The molecule has 0 saturated heterocycles. The summed E-state index contributed by atoms with van der Waals surface area (Å²) < 4.78 is 0. The number of aryl methyl sites for hydroxylation is 1. The minimum Gasteiger partial charge on any atom is -0.325 e. The van der Waals surface area contributed by atoms with E-state index in [1.165, 1.54) is 11.3 Å². The molecule has 5 nitrogen and oxygen atoms in total. The SMILES string of the molecule is Cc1ccc(-c2csc3nc(SCC(=O)Nc4ccc(Cl)c(Cl)c4)[nH]c(=O)c23)cc1. The van der Waals surface area contributed by atoms with Gasteiger partial charge >= 0.3 is 0 Å². The highest BCUT2D eigenvalue weighted by molar-refractivity contribution is 7.99. The number of anilines is 1. The molecule has 0 aliphatic heterocycles. The number of thioether (sulfide) groups is 1. The zero-order valence-corrected chi connectivity index (χ0v) is 18.8. The normalized spacial score (nSPS) is 11.0. The van der Waals surface area contributed by atoms with Crippen LogP contribution in [-0.2, 0) is 4.79 Å². The lowest BCUT2D eigenvalue weighted by Gasteiger charge is -2.06. The van der Waals surface area contributed by atoms with Crippen molar-refractivity contribution in [1.29, 1.82) is 0 Å². The highest BCUT2D eigenvalue weighted by atomic mass is 35.5. The van der Waals surface area contributed by atoms with Crippen LogP contribution in [0.2, 0.25) is 10.0 Å². The topological polar surface area (TPSA) is 74.8 Å². The second kappa shape index (κ2) is 8.81. The molecular weight excluding hydrogens is 461 g/mol. The fourth-order valence-corrected chi connectivity index (χ4v) is 4.81. The molecule has 4 aromatic rings. The van der Waals surface area contributed by atoms with Crippen LogP contribution in [0, 0.1) is 6.92 Å². The maximum atomic E-state index is 12.7. The van der Waals surface area contributed by atoms with Gasteiger partial charge in [0.15, 0.2) is 5.16 Å². The van der Waals surface area contributed by atoms with E-state index in [9.17, 15) is 9.59 Å². The summed E-state index contributed by atoms with van der Waals surface area (Å²) in [6.45, 7) is 2.02. The highest BCUT2D eigenvalue weighted by Crippen LogP contribution is 2.31. The van der Waals surface area contributed by atoms with E-state index in [4.69, 9.17) is 23.2 Å². The minimum absolute atomic E-state index is 0.0882. The largest absolute Gasteiger partial charge is 0.325 e. The molecule has 0 bridgehead atoms. The summed E-state index contributed by atoms with van der Waals surface area (Å²) in [5, 5.41) is 6.41. The molecule has 2 heterocycles. The number of H-pyrrole nitrogens is 1. The van der Waals surface area contributed by atoms with Crippen LogP contribution in [0.25, 0.3) is 21.3 Å². The summed E-state index contributed by atoms with van der Waals surface area (Å²) in [4.78, 5) is 32.8. The smallest absolute Gasteiger partial charge is 0.260 e. The van der Waals surface area contributed by atoms with Crippen LogP contribution in [0.5, 0.6) is 0 Å². The first-order chi connectivity index (χ1) is 14.4. The van der Waals surface area contributed by atoms with E-state index < -0.39 is 0 Å². The molecule has 0 aliphatic carbocycles. The number of nitrogens with zero attached hydrogens (tertiary/aromatic N) is 1. The number of rotatable bonds is 5. The number of benzene rings is 2. The van der Waals surface area contributed by atoms with Crippen molar-refractivity contribution >= 4 is 68.1 Å². The van der Waals surface area contributed by atoms with Crippen LogP contribution in [-0.4, -0.2) is 21.6 Å². The number of nitrogens with one attached hydrogen (secondary N) is 2. The maximum Gasteiger partial charge on any atom is 0.260 e. The van der Waals surface area contributed by atoms with Gasteiger partial charge in [-0.1, -0.05) is 64.8 Å². The average molecular weight is 476 g/mol. The van der Waals surface area contributed by atoms with Crippen molar-refractivity contribution in [3.05, 3.63) is 73.8 Å². The Kier molecular flexibility index (Phi) is 6.15. The van der Waals surface area contributed by atoms with Gasteiger partial charge in [0.1, 0.15) is 4.83 Å². The van der Waals surface area contributed by atoms with Crippen LogP contribution in [0.15, 0.2) is 57.8 Å². The molecule has 9 heteroatoms. The molecule has 0 aliphatic rings. The Morgan fingerprint density at radius 1 is 1.17 bits per heavy atom. The van der Waals surface area contributed by atoms with Crippen LogP contribution >= 0.6 is 46.3 Å². The first-order valence-corrected chi connectivity index (χ1v) is 11.5. The predicted molar refractivity (Wildman–Crippen MR) is 126 cm³/mol. The van der Waals surface area contributed by atoms with E-state index in [1.807, 2.05) is 36.6 Å². The summed E-state index contributed by atoms with van der Waals surface area (Å²) in [5.41, 5.74) is 3.32. The Morgan fingerprint density at radius 3 is 2.67 bits per heavy atom. The lowest BCUT2D eigenvalue weighted by molar-refractivity contribution is -0.113. The van der Waals surface area contributed by atoms with Gasteiger partial charge in [-0.05, 0) is 30.7 Å². The number of fused-ring (bicyclic) bond motifs is 1. The van der Waals surface area contributed by atoms with E-state index in [0.29, 0.717) is 31.1 Å². The number of halogens is 2. The van der Waals surface area contributed by atoms with Gasteiger partial charge in [-0.2, -0.15) is 0 Å². The van der Waals surface area contributed by atoms with Gasteiger partial charge in [-0.3, -0.25) is 9.59 Å². The Morgan fingerprint density at radius 2 is 1.93 bits per heavy atom. The van der Waals surface area contributed by atoms with Crippen molar-refractivity contribution in [2.45, 2.75) is 12.1 Å². The molecule has 0 radical (unpaired) electrons. The molecule has 0 fully saturated rings. The van der Waals surface area contributed by atoms with E-state index in [1.54, 1.807) is 18.2 Å². The summed E-state index contributed by atoms with van der Waals surface area (Å²) in [7, 11) is 0. The van der Waals surface area contributed by atoms with E-state index >= 15 is 0 Å². The predicted octanol–water partition coefficient (Wildman–Crippen LogP) is 6.00. The van der Waals surface area contributed by atoms with Crippen molar-refractivity contribution in [2.75, 3.05) is 11.1 Å². The van der Waals surface area contributed by atoms with Crippen molar-refractivity contribution < 1.29 is 4.79 Å². The summed E-state index contributed by atoms with van der Waals surface area (Å²) >= 11 is 14.4. The van der Waals surface area contributed by atoms with Crippen LogP contribution in [0.4, 0.5) is 5.69 Å². The second-order valence-corrected chi connectivity index (χ2v) is 9.17. The van der Waals surface area contributed by atoms with Crippen molar-refractivity contribution in [2.24, 2.45) is 0 Å². The first kappa shape index (κ1) is 20.9. The third-order valence-electron chi connectivity index (χ3n) is 4.33. The number of amides is 1. The zero-order valence-electron chi connectivity index (χ0n) is 15.7. The fraction of sp³-hybridized carbons (Fsp3) is 0.0952. The fourth-order valence-electron chi connectivity index (χ4n) is 2.85. The summed E-state index contributed by atoms with van der Waals surface area (Å²) in [6, 6.07) is 12.9. The molecule has 2 aromatic heterocycles. The van der Waals surface area contributed by atoms with Gasteiger partial charge in [0.2, 0.25) is 5.91 Å². The van der Waals surface area contributed by atoms with Crippen molar-refractivity contribution in [1.82, 2.24) is 9.97 Å². The number of carbonyl (C=O) groups excluding carboxylic acids is 1. The molecule has 2 aromatic carbocycles. The Balaban J connectivity index is 1.50. The molecular formula is C21H15Cl2N3O2S2. The molecule has 0 unspecified atom stereocenters. The number of carbonyl (C=O) groups is 1. The quantitative estimate of drug-likeness (QED) is 0.274. The van der Waals surface area contributed by atoms with Gasteiger partial charge in [-0.25, -0.2) is 4.98 Å². The Bertz CT molecular complexity index is 1300. The third kappa shape index (κ3) is 4.54. The van der Waals surface area contributed by atoms with Crippen LogP contribution in [0.1, 0.15) is 5.56 Å². The zero-order chi connectivity index (χ0) is 21.3. The number of aromatic amines is 1. The van der Waals surface area contributed by atoms with Crippen LogP contribution < -0.4 is 10.9 Å². The number of thiophene rings is 1. The molecule has 4 rings (SSSR count). The number of hydrogen-bond donors (Lipinski definition) is 2. The molecule has 152 valence electrons. The molecule has 2 N–H and O–H groups in total. The number of hydrogen-bond acceptors (Lipinski definition) is 5.